The van der Waals surface area contributed by atoms with Crippen LogP contribution in [-0.2, 0) is 11.3 Å². The number of hydrogen-bond acceptors (Lipinski definition) is 3. The highest BCUT2D eigenvalue weighted by Crippen LogP contribution is 2.25. The molecule has 2 saturated heterocycles. The van der Waals surface area contributed by atoms with Gasteiger partial charge in [0.2, 0.25) is 5.91 Å². The number of nitrogens with one attached hydrogen (secondary N) is 2. The molecule has 0 aliphatic carbocycles. The lowest BCUT2D eigenvalue weighted by Crippen LogP contribution is -2.37. The molecule has 114 valence electrons. The summed E-state index contributed by atoms with van der Waals surface area (Å²) < 4.78 is 13.4. The van der Waals surface area contributed by atoms with Gasteiger partial charge in [0.05, 0.1) is 6.54 Å². The van der Waals surface area contributed by atoms with Crippen LogP contribution in [0, 0.1) is 24.6 Å². The largest absolute Gasteiger partial charge is 0.351 e. The molecule has 1 aromatic carbocycles. The molecular formula is C16H22FN3O. The number of amides is 1. The summed E-state index contributed by atoms with van der Waals surface area (Å²) in [6, 6.07) is 5.08. The molecule has 2 aliphatic heterocycles. The van der Waals surface area contributed by atoms with E-state index in [0.717, 1.165) is 31.7 Å². The lowest BCUT2D eigenvalue weighted by molar-refractivity contribution is -0.122. The molecule has 3 rings (SSSR count). The van der Waals surface area contributed by atoms with Crippen LogP contribution < -0.4 is 10.6 Å². The summed E-state index contributed by atoms with van der Waals surface area (Å²) in [6.07, 6.45) is 0. The van der Waals surface area contributed by atoms with Crippen molar-refractivity contribution < 1.29 is 9.18 Å². The van der Waals surface area contributed by atoms with Gasteiger partial charge in [-0.15, -0.1) is 0 Å². The molecule has 0 spiro atoms. The lowest BCUT2D eigenvalue weighted by Gasteiger charge is -2.16. The topological polar surface area (TPSA) is 44.4 Å². The number of aryl methyl sites for hydroxylation is 1. The fraction of sp³-hybridized carbons (Fsp3) is 0.562. The van der Waals surface area contributed by atoms with E-state index in [-0.39, 0.29) is 11.7 Å². The molecule has 5 heteroatoms. The zero-order chi connectivity index (χ0) is 14.8. The van der Waals surface area contributed by atoms with E-state index in [1.165, 1.54) is 6.07 Å². The molecule has 2 heterocycles. The maximum absolute atomic E-state index is 13.4. The number of fused-ring (bicyclic) bond motifs is 1. The maximum atomic E-state index is 13.4. The predicted octanol–water partition coefficient (Wildman–Crippen LogP) is 0.902. The van der Waals surface area contributed by atoms with Crippen LogP contribution in [-0.4, -0.2) is 43.5 Å². The van der Waals surface area contributed by atoms with Gasteiger partial charge in [0.1, 0.15) is 5.82 Å². The summed E-state index contributed by atoms with van der Waals surface area (Å²) in [5, 5.41) is 6.27. The molecule has 2 aliphatic rings. The number of hydrogen-bond donors (Lipinski definition) is 2. The molecule has 2 fully saturated rings. The second-order valence-electron chi connectivity index (χ2n) is 6.23. The number of carbonyl (C=O) groups excluding carboxylic acids is 1. The van der Waals surface area contributed by atoms with Crippen LogP contribution in [0.1, 0.15) is 11.1 Å². The monoisotopic (exact) mass is 291 g/mol. The smallest absolute Gasteiger partial charge is 0.234 e. The van der Waals surface area contributed by atoms with Gasteiger partial charge in [-0.25, -0.2) is 4.39 Å². The van der Waals surface area contributed by atoms with Crippen molar-refractivity contribution in [1.29, 1.82) is 0 Å². The van der Waals surface area contributed by atoms with Gasteiger partial charge in [-0.3, -0.25) is 9.69 Å². The Labute approximate surface area is 124 Å². The summed E-state index contributed by atoms with van der Waals surface area (Å²) in [5.41, 5.74) is 1.43. The Hall–Kier alpha value is -1.46. The van der Waals surface area contributed by atoms with Crippen molar-refractivity contribution in [2.24, 2.45) is 11.8 Å². The average Bonchev–Trinajstić information content (AvgIpc) is 3.01. The summed E-state index contributed by atoms with van der Waals surface area (Å²) in [5.74, 6) is 1.19. The van der Waals surface area contributed by atoms with Crippen molar-refractivity contribution >= 4 is 5.91 Å². The highest BCUT2D eigenvalue weighted by molar-refractivity contribution is 5.78. The Morgan fingerprint density at radius 2 is 2.10 bits per heavy atom. The third-order valence-electron chi connectivity index (χ3n) is 4.56. The van der Waals surface area contributed by atoms with Crippen molar-refractivity contribution in [2.45, 2.75) is 13.5 Å². The summed E-state index contributed by atoms with van der Waals surface area (Å²) in [4.78, 5) is 14.2. The van der Waals surface area contributed by atoms with Crippen molar-refractivity contribution in [1.82, 2.24) is 15.5 Å². The van der Waals surface area contributed by atoms with E-state index < -0.39 is 0 Å². The summed E-state index contributed by atoms with van der Waals surface area (Å²) in [7, 11) is 0. The first-order chi connectivity index (χ1) is 10.1. The number of benzene rings is 1. The Balaban J connectivity index is 1.45. The zero-order valence-electron chi connectivity index (χ0n) is 12.4. The second-order valence-corrected chi connectivity index (χ2v) is 6.23. The molecule has 1 aromatic rings. The first kappa shape index (κ1) is 14.5. The fourth-order valence-electron chi connectivity index (χ4n) is 3.29. The maximum Gasteiger partial charge on any atom is 0.234 e. The molecule has 0 aromatic heterocycles. The van der Waals surface area contributed by atoms with Gasteiger partial charge in [0.15, 0.2) is 0 Å². The molecule has 2 N–H and O–H groups in total. The fourth-order valence-corrected chi connectivity index (χ4v) is 3.29. The minimum Gasteiger partial charge on any atom is -0.351 e. The standard InChI is InChI=1S/C16H22FN3O/c1-11-2-3-12(4-15(11)17)5-19-16(21)10-20-8-13-6-18-7-14(13)9-20/h2-4,13-14,18H,5-10H2,1H3,(H,19,21)/t13-,14+. The van der Waals surface area contributed by atoms with E-state index in [0.29, 0.717) is 30.5 Å². The predicted molar refractivity (Wildman–Crippen MR) is 79.3 cm³/mol. The SMILES string of the molecule is Cc1ccc(CNC(=O)CN2C[C@H]3CNC[C@H]3C2)cc1F. The van der Waals surface area contributed by atoms with Crippen LogP contribution in [0.3, 0.4) is 0 Å². The molecule has 0 radical (unpaired) electrons. The van der Waals surface area contributed by atoms with E-state index in [1.54, 1.807) is 13.0 Å². The molecule has 21 heavy (non-hydrogen) atoms. The molecule has 4 nitrogen and oxygen atoms in total. The van der Waals surface area contributed by atoms with Crippen molar-refractivity contribution in [3.63, 3.8) is 0 Å². The number of nitrogens with zero attached hydrogens (tertiary/aromatic N) is 1. The van der Waals surface area contributed by atoms with E-state index in [4.69, 9.17) is 0 Å². The van der Waals surface area contributed by atoms with Crippen LogP contribution in [0.4, 0.5) is 4.39 Å². The Kier molecular flexibility index (Phi) is 4.22. The van der Waals surface area contributed by atoms with Crippen LogP contribution in [0.5, 0.6) is 0 Å². The van der Waals surface area contributed by atoms with Gasteiger partial charge in [0, 0.05) is 19.6 Å². The van der Waals surface area contributed by atoms with E-state index in [9.17, 15) is 9.18 Å². The van der Waals surface area contributed by atoms with Crippen molar-refractivity contribution in [3.05, 3.63) is 35.1 Å². The number of rotatable bonds is 4. The van der Waals surface area contributed by atoms with Crippen LogP contribution >= 0.6 is 0 Å². The van der Waals surface area contributed by atoms with E-state index in [2.05, 4.69) is 15.5 Å². The van der Waals surface area contributed by atoms with Gasteiger partial charge >= 0.3 is 0 Å². The van der Waals surface area contributed by atoms with Gasteiger partial charge in [-0.2, -0.15) is 0 Å². The van der Waals surface area contributed by atoms with Gasteiger partial charge in [-0.1, -0.05) is 12.1 Å². The highest BCUT2D eigenvalue weighted by atomic mass is 19.1. The molecule has 1 amide bonds. The number of likely N-dealkylation sites (tertiary alicyclic amines) is 1. The highest BCUT2D eigenvalue weighted by Gasteiger charge is 2.36. The van der Waals surface area contributed by atoms with Crippen LogP contribution in [0.15, 0.2) is 18.2 Å². The quantitative estimate of drug-likeness (QED) is 0.866. The molecule has 0 saturated carbocycles. The Bertz CT molecular complexity index is 522. The van der Waals surface area contributed by atoms with Gasteiger partial charge in [-0.05, 0) is 49.0 Å². The minimum atomic E-state index is -0.221. The average molecular weight is 291 g/mol. The number of carbonyl (C=O) groups is 1. The molecular weight excluding hydrogens is 269 g/mol. The lowest BCUT2D eigenvalue weighted by atomic mass is 10.0. The third-order valence-corrected chi connectivity index (χ3v) is 4.56. The Morgan fingerprint density at radius 3 is 2.76 bits per heavy atom. The minimum absolute atomic E-state index is 0.0175. The van der Waals surface area contributed by atoms with E-state index in [1.807, 2.05) is 6.07 Å². The van der Waals surface area contributed by atoms with Crippen molar-refractivity contribution in [3.8, 4) is 0 Å². The van der Waals surface area contributed by atoms with Crippen molar-refractivity contribution in [2.75, 3.05) is 32.7 Å². The normalized spacial score (nSPS) is 25.0. The summed E-state index contributed by atoms with van der Waals surface area (Å²) in [6.45, 7) is 6.72. The van der Waals surface area contributed by atoms with Gasteiger partial charge < -0.3 is 10.6 Å². The van der Waals surface area contributed by atoms with Gasteiger partial charge in [0.25, 0.3) is 0 Å². The third kappa shape index (κ3) is 3.41. The Morgan fingerprint density at radius 1 is 1.38 bits per heavy atom. The molecule has 0 bridgehead atoms. The van der Waals surface area contributed by atoms with Crippen LogP contribution in [0.25, 0.3) is 0 Å². The first-order valence-electron chi connectivity index (χ1n) is 7.56. The molecule has 0 unspecified atom stereocenters. The summed E-state index contributed by atoms with van der Waals surface area (Å²) >= 11 is 0. The second kappa shape index (κ2) is 6.12. The molecule has 2 atom stereocenters. The van der Waals surface area contributed by atoms with E-state index >= 15 is 0 Å². The first-order valence-corrected chi connectivity index (χ1v) is 7.56. The zero-order valence-corrected chi connectivity index (χ0v) is 12.4. The number of halogens is 1. The van der Waals surface area contributed by atoms with Crippen LogP contribution in [0.2, 0.25) is 0 Å².